The van der Waals surface area contributed by atoms with Gasteiger partial charge in [0.15, 0.2) is 0 Å². The summed E-state index contributed by atoms with van der Waals surface area (Å²) >= 11 is 0. The lowest BCUT2D eigenvalue weighted by molar-refractivity contribution is -0.134. The fraction of sp³-hybridized carbons (Fsp3) is 0.688. The van der Waals surface area contributed by atoms with E-state index in [1.807, 2.05) is 25.7 Å². The Morgan fingerprint density at radius 3 is 2.50 bits per heavy atom. The van der Waals surface area contributed by atoms with Gasteiger partial charge in [0.2, 0.25) is 5.95 Å². The smallest absolute Gasteiger partial charge is 0.412 e. The van der Waals surface area contributed by atoms with Crippen molar-refractivity contribution >= 4 is 17.9 Å². The number of hydrogen-bond acceptors (Lipinski definition) is 7. The van der Waals surface area contributed by atoms with E-state index in [9.17, 15) is 4.79 Å². The first-order valence-electron chi connectivity index (χ1n) is 8.02. The standard InChI is InChI=1S/C16H27N5O3/c1-15(2,3)24-14(22)20(4)16(23-5)7-10-21(11-8-16)13-18-9-6-12(17)19-13/h6,9H,7-8,10-11H2,1-5H3,(H2,17,18,19). The van der Waals surface area contributed by atoms with Gasteiger partial charge < -0.3 is 20.1 Å². The highest BCUT2D eigenvalue weighted by atomic mass is 16.6. The van der Waals surface area contributed by atoms with E-state index in [0.29, 0.717) is 37.7 Å². The van der Waals surface area contributed by atoms with Gasteiger partial charge in [-0.3, -0.25) is 4.90 Å². The van der Waals surface area contributed by atoms with Crippen LogP contribution in [0.4, 0.5) is 16.6 Å². The lowest BCUT2D eigenvalue weighted by atomic mass is 9.99. The number of nitrogens with two attached hydrogens (primary N) is 1. The molecule has 1 amide bonds. The highest BCUT2D eigenvalue weighted by Gasteiger charge is 2.42. The molecule has 2 heterocycles. The van der Waals surface area contributed by atoms with Gasteiger partial charge in [0.1, 0.15) is 17.1 Å². The Morgan fingerprint density at radius 2 is 2.00 bits per heavy atom. The van der Waals surface area contributed by atoms with E-state index in [2.05, 4.69) is 9.97 Å². The molecule has 1 aliphatic rings. The number of methoxy groups -OCH3 is 1. The predicted octanol–water partition coefficient (Wildman–Crippen LogP) is 1.87. The Balaban J connectivity index is 2.06. The number of aromatic nitrogens is 2. The number of hydrogen-bond donors (Lipinski definition) is 1. The minimum Gasteiger partial charge on any atom is -0.444 e. The summed E-state index contributed by atoms with van der Waals surface area (Å²) < 4.78 is 11.2. The largest absolute Gasteiger partial charge is 0.444 e. The SMILES string of the molecule is COC1(N(C)C(=O)OC(C)(C)C)CCN(c2nccc(N)n2)CC1. The van der Waals surface area contributed by atoms with Crippen LogP contribution in [0.3, 0.4) is 0 Å². The highest BCUT2D eigenvalue weighted by molar-refractivity contribution is 5.68. The summed E-state index contributed by atoms with van der Waals surface area (Å²) in [5.41, 5.74) is 4.48. The van der Waals surface area contributed by atoms with Crippen LogP contribution in [0.2, 0.25) is 0 Å². The molecule has 0 spiro atoms. The maximum absolute atomic E-state index is 12.4. The minimum atomic E-state index is -0.695. The van der Waals surface area contributed by atoms with Gasteiger partial charge in [-0.05, 0) is 26.8 Å². The fourth-order valence-corrected chi connectivity index (χ4v) is 2.74. The highest BCUT2D eigenvalue weighted by Crippen LogP contribution is 2.31. The van der Waals surface area contributed by atoms with Crippen LogP contribution in [0.15, 0.2) is 12.3 Å². The van der Waals surface area contributed by atoms with Crippen molar-refractivity contribution in [2.24, 2.45) is 0 Å². The molecule has 0 radical (unpaired) electrons. The van der Waals surface area contributed by atoms with Crippen molar-refractivity contribution in [3.05, 3.63) is 12.3 Å². The Bertz CT molecular complexity index is 579. The average Bonchev–Trinajstić information content (AvgIpc) is 2.52. The molecule has 24 heavy (non-hydrogen) atoms. The normalized spacial score (nSPS) is 17.5. The van der Waals surface area contributed by atoms with E-state index in [4.69, 9.17) is 15.2 Å². The van der Waals surface area contributed by atoms with Crippen molar-refractivity contribution in [3.8, 4) is 0 Å². The van der Waals surface area contributed by atoms with Crippen molar-refractivity contribution < 1.29 is 14.3 Å². The summed E-state index contributed by atoms with van der Waals surface area (Å²) in [6.45, 7) is 6.85. The molecule has 8 heteroatoms. The monoisotopic (exact) mass is 337 g/mol. The predicted molar refractivity (Wildman–Crippen MR) is 91.6 cm³/mol. The average molecular weight is 337 g/mol. The number of piperidine rings is 1. The Labute approximate surface area is 142 Å². The summed E-state index contributed by atoms with van der Waals surface area (Å²) in [6.07, 6.45) is 2.50. The molecule has 1 aromatic rings. The van der Waals surface area contributed by atoms with Crippen molar-refractivity contribution in [2.45, 2.75) is 44.9 Å². The summed E-state index contributed by atoms with van der Waals surface area (Å²) in [5.74, 6) is 1.04. The molecule has 0 unspecified atom stereocenters. The first kappa shape index (κ1) is 18.3. The van der Waals surface area contributed by atoms with Gasteiger partial charge in [0.05, 0.1) is 0 Å². The Hall–Kier alpha value is -2.09. The number of ether oxygens (including phenoxy) is 2. The van der Waals surface area contributed by atoms with Crippen LogP contribution < -0.4 is 10.6 Å². The van der Waals surface area contributed by atoms with Crippen LogP contribution in [0, 0.1) is 0 Å². The van der Waals surface area contributed by atoms with Crippen molar-refractivity contribution in [3.63, 3.8) is 0 Å². The summed E-state index contributed by atoms with van der Waals surface area (Å²) in [5, 5.41) is 0. The van der Waals surface area contributed by atoms with Crippen molar-refractivity contribution in [2.75, 3.05) is 37.9 Å². The molecule has 1 aliphatic heterocycles. The van der Waals surface area contributed by atoms with Gasteiger partial charge in [0, 0.05) is 46.3 Å². The maximum atomic E-state index is 12.4. The van der Waals surface area contributed by atoms with E-state index in [0.717, 1.165) is 0 Å². The molecule has 1 fully saturated rings. The van der Waals surface area contributed by atoms with E-state index < -0.39 is 17.4 Å². The lowest BCUT2D eigenvalue weighted by Gasteiger charge is -2.46. The molecular weight excluding hydrogens is 310 g/mol. The molecule has 2 N–H and O–H groups in total. The third-order valence-corrected chi connectivity index (χ3v) is 4.15. The second kappa shape index (κ2) is 6.80. The zero-order valence-corrected chi connectivity index (χ0v) is 15.1. The summed E-state index contributed by atoms with van der Waals surface area (Å²) in [4.78, 5) is 24.5. The molecular formula is C16H27N5O3. The lowest BCUT2D eigenvalue weighted by Crippen LogP contribution is -2.58. The molecule has 0 saturated carbocycles. The maximum Gasteiger partial charge on any atom is 0.412 e. The fourth-order valence-electron chi connectivity index (χ4n) is 2.74. The molecule has 8 nitrogen and oxygen atoms in total. The number of carbonyl (C=O) groups is 1. The van der Waals surface area contributed by atoms with Crippen molar-refractivity contribution in [1.82, 2.24) is 14.9 Å². The van der Waals surface area contributed by atoms with Gasteiger partial charge in [-0.25, -0.2) is 9.78 Å². The minimum absolute atomic E-state index is 0.391. The zero-order chi connectivity index (χ0) is 18.0. The number of nitrogens with zero attached hydrogens (tertiary/aromatic N) is 4. The van der Waals surface area contributed by atoms with Crippen LogP contribution in [0.5, 0.6) is 0 Å². The molecule has 0 atom stereocenters. The van der Waals surface area contributed by atoms with Crippen LogP contribution in [0.1, 0.15) is 33.6 Å². The number of nitrogen functional groups attached to an aromatic ring is 1. The van der Waals surface area contributed by atoms with E-state index >= 15 is 0 Å². The first-order valence-corrected chi connectivity index (χ1v) is 8.02. The van der Waals surface area contributed by atoms with Crippen LogP contribution in [-0.4, -0.2) is 59.5 Å². The molecule has 0 aliphatic carbocycles. The topological polar surface area (TPSA) is 93.8 Å². The summed E-state index contributed by atoms with van der Waals surface area (Å²) in [7, 11) is 3.33. The second-order valence-electron chi connectivity index (χ2n) is 6.96. The van der Waals surface area contributed by atoms with E-state index in [1.54, 1.807) is 31.3 Å². The van der Waals surface area contributed by atoms with Crippen LogP contribution in [0.25, 0.3) is 0 Å². The zero-order valence-electron chi connectivity index (χ0n) is 15.1. The first-order chi connectivity index (χ1) is 11.2. The molecule has 134 valence electrons. The summed E-state index contributed by atoms with van der Waals surface area (Å²) in [6, 6.07) is 1.66. The number of carbonyl (C=O) groups excluding carboxylic acids is 1. The van der Waals surface area contributed by atoms with Crippen LogP contribution in [-0.2, 0) is 9.47 Å². The third kappa shape index (κ3) is 4.05. The Morgan fingerprint density at radius 1 is 1.38 bits per heavy atom. The van der Waals surface area contributed by atoms with Gasteiger partial charge in [-0.1, -0.05) is 0 Å². The third-order valence-electron chi connectivity index (χ3n) is 4.15. The Kier molecular flexibility index (Phi) is 5.17. The number of amides is 1. The molecule has 1 saturated heterocycles. The number of anilines is 2. The van der Waals surface area contributed by atoms with Gasteiger partial charge in [-0.2, -0.15) is 4.98 Å². The molecule has 1 aromatic heterocycles. The number of rotatable bonds is 3. The van der Waals surface area contributed by atoms with E-state index in [-0.39, 0.29) is 0 Å². The quantitative estimate of drug-likeness (QED) is 0.841. The molecule has 0 aromatic carbocycles. The second-order valence-corrected chi connectivity index (χ2v) is 6.96. The van der Waals surface area contributed by atoms with Gasteiger partial charge >= 0.3 is 6.09 Å². The van der Waals surface area contributed by atoms with Crippen LogP contribution >= 0.6 is 0 Å². The molecule has 2 rings (SSSR count). The van der Waals surface area contributed by atoms with Gasteiger partial charge in [-0.15, -0.1) is 0 Å². The van der Waals surface area contributed by atoms with E-state index in [1.165, 1.54) is 0 Å². The molecule has 0 bridgehead atoms. The van der Waals surface area contributed by atoms with Crippen molar-refractivity contribution in [1.29, 1.82) is 0 Å². The van der Waals surface area contributed by atoms with Gasteiger partial charge in [0.25, 0.3) is 0 Å².